The minimum atomic E-state index is 0. The maximum Gasteiger partial charge on any atom is 0.191 e. The van der Waals surface area contributed by atoms with Gasteiger partial charge in [0, 0.05) is 24.9 Å². The molecule has 24 heavy (non-hydrogen) atoms. The van der Waals surface area contributed by atoms with Crippen molar-refractivity contribution in [2.75, 3.05) is 18.8 Å². The van der Waals surface area contributed by atoms with E-state index in [0.717, 1.165) is 37.1 Å². The fraction of sp³-hybridized carbons (Fsp3) is 0.812. The number of nitrogens with zero attached hydrogens (tertiary/aromatic N) is 4. The van der Waals surface area contributed by atoms with Crippen LogP contribution in [0.4, 0.5) is 0 Å². The van der Waals surface area contributed by atoms with Gasteiger partial charge in [0.25, 0.3) is 0 Å². The topological polar surface area (TPSA) is 67.1 Å². The molecule has 0 aromatic carbocycles. The van der Waals surface area contributed by atoms with E-state index in [4.69, 9.17) is 4.99 Å². The van der Waals surface area contributed by atoms with E-state index in [0.29, 0.717) is 11.3 Å². The van der Waals surface area contributed by atoms with Crippen LogP contribution < -0.4 is 10.6 Å². The molecule has 0 spiro atoms. The van der Waals surface area contributed by atoms with Crippen molar-refractivity contribution in [1.29, 1.82) is 0 Å². The van der Waals surface area contributed by atoms with Gasteiger partial charge in [0.05, 0.1) is 0 Å². The van der Waals surface area contributed by atoms with E-state index in [2.05, 4.69) is 46.4 Å². The lowest BCUT2D eigenvalue weighted by molar-refractivity contribution is 0.582. The standard InChI is InChI=1S/C16H30N6S.HI/c1-5-6-9-17-15(19-12-16(3)8-7-10-23-16)18-11-14-21-20-13(2)22(14)4;/h5-12H2,1-4H3,(H2,17,18,19);1H. The molecule has 0 amide bonds. The number of guanidine groups is 1. The highest BCUT2D eigenvalue weighted by atomic mass is 127. The molecule has 1 atom stereocenters. The van der Waals surface area contributed by atoms with Crippen molar-refractivity contribution in [1.82, 2.24) is 25.4 Å². The molecule has 1 fully saturated rings. The van der Waals surface area contributed by atoms with Crippen molar-refractivity contribution in [3.63, 3.8) is 0 Å². The van der Waals surface area contributed by atoms with Gasteiger partial charge in [-0.2, -0.15) is 11.8 Å². The third-order valence-electron chi connectivity index (χ3n) is 4.31. The van der Waals surface area contributed by atoms with Crippen LogP contribution in [0.25, 0.3) is 0 Å². The van der Waals surface area contributed by atoms with Gasteiger partial charge in [-0.25, -0.2) is 4.99 Å². The molecule has 138 valence electrons. The second kappa shape index (κ2) is 10.5. The predicted octanol–water partition coefficient (Wildman–Crippen LogP) is 2.86. The molecule has 2 rings (SSSR count). The minimum Gasteiger partial charge on any atom is -0.356 e. The maximum absolute atomic E-state index is 4.69. The van der Waals surface area contributed by atoms with Gasteiger partial charge in [0.2, 0.25) is 0 Å². The van der Waals surface area contributed by atoms with E-state index >= 15 is 0 Å². The van der Waals surface area contributed by atoms with Gasteiger partial charge in [-0.1, -0.05) is 13.3 Å². The zero-order valence-corrected chi connectivity index (χ0v) is 18.4. The van der Waals surface area contributed by atoms with Crippen LogP contribution in [-0.2, 0) is 13.6 Å². The number of aromatic nitrogens is 3. The number of thioether (sulfide) groups is 1. The highest BCUT2D eigenvalue weighted by Gasteiger charge is 2.29. The van der Waals surface area contributed by atoms with Gasteiger partial charge in [0.1, 0.15) is 12.4 Å². The van der Waals surface area contributed by atoms with E-state index in [1.807, 2.05) is 18.5 Å². The molecule has 0 radical (unpaired) electrons. The summed E-state index contributed by atoms with van der Waals surface area (Å²) in [5.74, 6) is 3.96. The first-order valence-electron chi connectivity index (χ1n) is 8.55. The lowest BCUT2D eigenvalue weighted by atomic mass is 10.1. The van der Waals surface area contributed by atoms with Crippen LogP contribution >= 0.6 is 35.7 Å². The molecule has 2 N–H and O–H groups in total. The number of nitrogens with one attached hydrogen (secondary N) is 2. The third kappa shape index (κ3) is 6.42. The molecule has 1 aliphatic rings. The third-order valence-corrected chi connectivity index (χ3v) is 5.85. The van der Waals surface area contributed by atoms with Crippen LogP contribution in [0.2, 0.25) is 0 Å². The van der Waals surface area contributed by atoms with Crippen molar-refractivity contribution in [3.05, 3.63) is 11.6 Å². The Morgan fingerprint density at radius 1 is 1.38 bits per heavy atom. The molecule has 6 nitrogen and oxygen atoms in total. The van der Waals surface area contributed by atoms with Gasteiger partial charge in [-0.15, -0.1) is 34.2 Å². The first kappa shape index (κ1) is 21.5. The number of hydrogen-bond donors (Lipinski definition) is 2. The van der Waals surface area contributed by atoms with E-state index in [1.54, 1.807) is 0 Å². The van der Waals surface area contributed by atoms with Crippen LogP contribution in [0.5, 0.6) is 0 Å². The van der Waals surface area contributed by atoms with Crippen molar-refractivity contribution < 1.29 is 0 Å². The Morgan fingerprint density at radius 3 is 2.75 bits per heavy atom. The molecule has 1 aliphatic heterocycles. The molecule has 0 saturated carbocycles. The summed E-state index contributed by atoms with van der Waals surface area (Å²) < 4.78 is 2.32. The monoisotopic (exact) mass is 466 g/mol. The summed E-state index contributed by atoms with van der Waals surface area (Å²) >= 11 is 2.06. The zero-order chi connectivity index (χ0) is 16.7. The molecule has 2 heterocycles. The maximum atomic E-state index is 4.69. The quantitative estimate of drug-likeness (QED) is 0.280. The van der Waals surface area contributed by atoms with Gasteiger partial charge in [0.15, 0.2) is 11.8 Å². The number of unbranched alkanes of at least 4 members (excludes halogenated alkanes) is 1. The fourth-order valence-corrected chi connectivity index (χ4v) is 3.79. The van der Waals surface area contributed by atoms with E-state index in [1.165, 1.54) is 25.0 Å². The van der Waals surface area contributed by atoms with Crippen molar-refractivity contribution in [2.45, 2.75) is 57.7 Å². The van der Waals surface area contributed by atoms with E-state index in [9.17, 15) is 0 Å². The van der Waals surface area contributed by atoms with E-state index in [-0.39, 0.29) is 24.0 Å². The summed E-state index contributed by atoms with van der Waals surface area (Å²) in [6.07, 6.45) is 4.91. The number of aryl methyl sites for hydroxylation is 1. The number of aliphatic imine (C=N–C) groups is 1. The molecule has 0 aliphatic carbocycles. The largest absolute Gasteiger partial charge is 0.356 e. The molecular weight excluding hydrogens is 435 g/mol. The van der Waals surface area contributed by atoms with Crippen LogP contribution in [0, 0.1) is 6.92 Å². The lowest BCUT2D eigenvalue weighted by Crippen LogP contribution is -2.44. The fourth-order valence-electron chi connectivity index (χ4n) is 2.54. The summed E-state index contributed by atoms with van der Waals surface area (Å²) in [6.45, 7) is 8.94. The summed E-state index contributed by atoms with van der Waals surface area (Å²) in [6, 6.07) is 0. The average Bonchev–Trinajstić information content (AvgIpc) is 3.10. The number of halogens is 1. The summed E-state index contributed by atoms with van der Waals surface area (Å²) in [4.78, 5) is 4.69. The van der Waals surface area contributed by atoms with Gasteiger partial charge >= 0.3 is 0 Å². The summed E-state index contributed by atoms with van der Waals surface area (Å²) in [7, 11) is 1.98. The second-order valence-electron chi connectivity index (χ2n) is 6.42. The Bertz CT molecular complexity index is 525. The van der Waals surface area contributed by atoms with Crippen molar-refractivity contribution >= 4 is 41.7 Å². The van der Waals surface area contributed by atoms with Gasteiger partial charge in [-0.3, -0.25) is 0 Å². The Hall–Kier alpha value is -0.510. The minimum absolute atomic E-state index is 0. The SMILES string of the molecule is CCCCNC(=NCc1nnc(C)n1C)NCC1(C)CCCS1.I. The highest BCUT2D eigenvalue weighted by molar-refractivity contribution is 14.0. The Kier molecular flexibility index (Phi) is 9.40. The molecule has 1 aromatic heterocycles. The zero-order valence-electron chi connectivity index (χ0n) is 15.3. The van der Waals surface area contributed by atoms with Crippen LogP contribution in [0.3, 0.4) is 0 Å². The smallest absolute Gasteiger partial charge is 0.191 e. The van der Waals surface area contributed by atoms with Crippen LogP contribution in [-0.4, -0.2) is 44.3 Å². The van der Waals surface area contributed by atoms with E-state index < -0.39 is 0 Å². The molecule has 1 saturated heterocycles. The van der Waals surface area contributed by atoms with Crippen LogP contribution in [0.1, 0.15) is 51.2 Å². The first-order valence-corrected chi connectivity index (χ1v) is 9.53. The Labute approximate surface area is 167 Å². The Balaban J connectivity index is 0.00000288. The number of rotatable bonds is 7. The molecular formula is C16H31IN6S. The van der Waals surface area contributed by atoms with Gasteiger partial charge in [-0.05, 0) is 38.9 Å². The highest BCUT2D eigenvalue weighted by Crippen LogP contribution is 2.36. The normalized spacial score (nSPS) is 20.8. The lowest BCUT2D eigenvalue weighted by Gasteiger charge is -2.24. The average molecular weight is 466 g/mol. The molecule has 1 unspecified atom stereocenters. The molecule has 8 heteroatoms. The number of hydrogen-bond acceptors (Lipinski definition) is 4. The van der Waals surface area contributed by atoms with Crippen molar-refractivity contribution in [3.8, 4) is 0 Å². The van der Waals surface area contributed by atoms with Crippen LogP contribution in [0.15, 0.2) is 4.99 Å². The van der Waals surface area contributed by atoms with Crippen molar-refractivity contribution in [2.24, 2.45) is 12.0 Å². The molecule has 1 aromatic rings. The van der Waals surface area contributed by atoms with Gasteiger partial charge < -0.3 is 15.2 Å². The Morgan fingerprint density at radius 2 is 2.17 bits per heavy atom. The summed E-state index contributed by atoms with van der Waals surface area (Å²) in [5, 5.41) is 15.2. The predicted molar refractivity (Wildman–Crippen MR) is 113 cm³/mol. The summed E-state index contributed by atoms with van der Waals surface area (Å²) in [5.41, 5.74) is 0. The first-order chi connectivity index (χ1) is 11.0. The second-order valence-corrected chi connectivity index (χ2v) is 8.11. The molecule has 0 bridgehead atoms.